The molecule has 1 aromatic carbocycles. The van der Waals surface area contributed by atoms with Crippen molar-refractivity contribution in [3.63, 3.8) is 0 Å². The van der Waals surface area contributed by atoms with Crippen LogP contribution in [0.15, 0.2) is 35.5 Å². The molecule has 1 aromatic heterocycles. The maximum absolute atomic E-state index is 12.2. The van der Waals surface area contributed by atoms with E-state index in [0.29, 0.717) is 5.16 Å². The third-order valence-electron chi connectivity index (χ3n) is 3.33. The van der Waals surface area contributed by atoms with Crippen LogP contribution < -0.4 is 5.32 Å². The lowest BCUT2D eigenvalue weighted by Gasteiger charge is -2.17. The molecule has 1 heterocycles. The summed E-state index contributed by atoms with van der Waals surface area (Å²) in [5, 5.41) is 14.7. The number of nitrogens with one attached hydrogen (secondary N) is 1. The van der Waals surface area contributed by atoms with Crippen molar-refractivity contribution in [2.75, 3.05) is 0 Å². The number of tetrazole rings is 1. The number of aryl methyl sites for hydroxylation is 2. The summed E-state index contributed by atoms with van der Waals surface area (Å²) in [5.74, 6) is 0.00793. The Morgan fingerprint density at radius 2 is 2.05 bits per heavy atom. The zero-order chi connectivity index (χ0) is 15.9. The highest BCUT2D eigenvalue weighted by atomic mass is 32.2. The molecular weight excluding hydrogens is 298 g/mol. The van der Waals surface area contributed by atoms with Gasteiger partial charge in [0.2, 0.25) is 11.1 Å². The fourth-order valence-corrected chi connectivity index (χ4v) is 2.76. The number of thioether (sulfide) groups is 1. The molecule has 2 aromatic rings. The molecule has 6 nitrogen and oxygen atoms in total. The van der Waals surface area contributed by atoms with E-state index in [2.05, 4.69) is 33.0 Å². The average molecular weight is 319 g/mol. The zero-order valence-corrected chi connectivity index (χ0v) is 13.9. The Labute approximate surface area is 134 Å². The first kappa shape index (κ1) is 16.5. The molecule has 7 heteroatoms. The SMILES string of the molecule is C[C@H](CCc1ccccc1)NC(=O)[C@H](C)Sc1nnnn1C. The Morgan fingerprint density at radius 3 is 2.68 bits per heavy atom. The summed E-state index contributed by atoms with van der Waals surface area (Å²) in [7, 11) is 1.76. The molecule has 118 valence electrons. The zero-order valence-electron chi connectivity index (χ0n) is 13.1. The van der Waals surface area contributed by atoms with Crippen LogP contribution in [0.5, 0.6) is 0 Å². The second-order valence-electron chi connectivity index (χ2n) is 5.28. The molecule has 2 atom stereocenters. The second kappa shape index (κ2) is 7.93. The molecule has 0 aliphatic carbocycles. The predicted octanol–water partition coefficient (Wildman–Crippen LogP) is 1.83. The van der Waals surface area contributed by atoms with E-state index in [-0.39, 0.29) is 17.2 Å². The van der Waals surface area contributed by atoms with E-state index < -0.39 is 0 Å². The van der Waals surface area contributed by atoms with Gasteiger partial charge in [-0.25, -0.2) is 4.68 Å². The second-order valence-corrected chi connectivity index (χ2v) is 6.59. The maximum atomic E-state index is 12.2. The molecule has 0 unspecified atom stereocenters. The van der Waals surface area contributed by atoms with Gasteiger partial charge < -0.3 is 5.32 Å². The van der Waals surface area contributed by atoms with Gasteiger partial charge in [0, 0.05) is 13.1 Å². The fourth-order valence-electron chi connectivity index (χ4n) is 1.99. The molecule has 2 rings (SSSR count). The molecule has 0 fully saturated rings. The first-order valence-corrected chi connectivity index (χ1v) is 8.17. The lowest BCUT2D eigenvalue weighted by Crippen LogP contribution is -2.38. The van der Waals surface area contributed by atoms with Crippen LogP contribution in [0.25, 0.3) is 0 Å². The van der Waals surface area contributed by atoms with Crippen LogP contribution in [-0.2, 0) is 18.3 Å². The van der Waals surface area contributed by atoms with E-state index in [1.54, 1.807) is 11.7 Å². The number of carbonyl (C=O) groups is 1. The molecule has 0 saturated carbocycles. The average Bonchev–Trinajstić information content (AvgIpc) is 2.91. The van der Waals surface area contributed by atoms with Gasteiger partial charge in [-0.15, -0.1) is 5.10 Å². The number of amides is 1. The molecule has 0 aliphatic rings. The number of aromatic nitrogens is 4. The predicted molar refractivity (Wildman–Crippen MR) is 86.5 cm³/mol. The van der Waals surface area contributed by atoms with Crippen molar-refractivity contribution in [1.82, 2.24) is 25.5 Å². The molecule has 0 radical (unpaired) electrons. The van der Waals surface area contributed by atoms with Crippen molar-refractivity contribution in [2.45, 2.75) is 43.1 Å². The van der Waals surface area contributed by atoms with Crippen molar-refractivity contribution < 1.29 is 4.79 Å². The number of benzene rings is 1. The monoisotopic (exact) mass is 319 g/mol. The largest absolute Gasteiger partial charge is 0.353 e. The van der Waals surface area contributed by atoms with Gasteiger partial charge in [0.05, 0.1) is 5.25 Å². The standard InChI is InChI=1S/C15H21N5OS/c1-11(9-10-13-7-5-4-6-8-13)16-14(21)12(2)22-15-17-18-19-20(15)3/h4-8,11-12H,9-10H2,1-3H3,(H,16,21)/t11-,12+/m1/s1. The summed E-state index contributed by atoms with van der Waals surface area (Å²) >= 11 is 1.36. The van der Waals surface area contributed by atoms with Gasteiger partial charge in [0.1, 0.15) is 0 Å². The van der Waals surface area contributed by atoms with E-state index in [1.165, 1.54) is 17.3 Å². The lowest BCUT2D eigenvalue weighted by molar-refractivity contribution is -0.120. The lowest BCUT2D eigenvalue weighted by atomic mass is 10.1. The van der Waals surface area contributed by atoms with Crippen LogP contribution in [0, 0.1) is 0 Å². The topological polar surface area (TPSA) is 72.7 Å². The highest BCUT2D eigenvalue weighted by Crippen LogP contribution is 2.19. The molecular formula is C15H21N5OS. The Balaban J connectivity index is 1.77. The highest BCUT2D eigenvalue weighted by molar-refractivity contribution is 8.00. The van der Waals surface area contributed by atoms with Crippen LogP contribution in [0.1, 0.15) is 25.8 Å². The third-order valence-corrected chi connectivity index (χ3v) is 4.45. The van der Waals surface area contributed by atoms with Crippen LogP contribution in [0.2, 0.25) is 0 Å². The van der Waals surface area contributed by atoms with Gasteiger partial charge in [-0.3, -0.25) is 4.79 Å². The minimum Gasteiger partial charge on any atom is -0.353 e. The molecule has 1 amide bonds. The van der Waals surface area contributed by atoms with Crippen LogP contribution in [0.4, 0.5) is 0 Å². The summed E-state index contributed by atoms with van der Waals surface area (Å²) in [6, 6.07) is 10.4. The van der Waals surface area contributed by atoms with Crippen LogP contribution in [-0.4, -0.2) is 37.4 Å². The number of rotatable bonds is 7. The maximum Gasteiger partial charge on any atom is 0.233 e. The van der Waals surface area contributed by atoms with Crippen LogP contribution >= 0.6 is 11.8 Å². The van der Waals surface area contributed by atoms with Crippen molar-refractivity contribution in [3.05, 3.63) is 35.9 Å². The number of nitrogens with zero attached hydrogens (tertiary/aromatic N) is 4. The summed E-state index contributed by atoms with van der Waals surface area (Å²) in [6.07, 6.45) is 1.87. The number of hydrogen-bond acceptors (Lipinski definition) is 5. The van der Waals surface area contributed by atoms with Gasteiger partial charge in [0.15, 0.2) is 0 Å². The molecule has 1 N–H and O–H groups in total. The number of hydrogen-bond donors (Lipinski definition) is 1. The van der Waals surface area contributed by atoms with E-state index >= 15 is 0 Å². The summed E-state index contributed by atoms with van der Waals surface area (Å²) < 4.78 is 1.56. The normalized spacial score (nSPS) is 13.6. The Bertz CT molecular complexity index is 601. The first-order valence-electron chi connectivity index (χ1n) is 7.29. The Kier molecular flexibility index (Phi) is 5.94. The van der Waals surface area contributed by atoms with E-state index in [1.807, 2.05) is 32.0 Å². The molecule has 0 bridgehead atoms. The third kappa shape index (κ3) is 4.84. The number of carbonyl (C=O) groups excluding carboxylic acids is 1. The molecule has 0 saturated heterocycles. The van der Waals surface area contributed by atoms with Gasteiger partial charge in [-0.1, -0.05) is 42.1 Å². The van der Waals surface area contributed by atoms with Crippen molar-refractivity contribution >= 4 is 17.7 Å². The minimum atomic E-state index is -0.233. The summed E-state index contributed by atoms with van der Waals surface area (Å²) in [4.78, 5) is 12.2. The highest BCUT2D eigenvalue weighted by Gasteiger charge is 2.19. The summed E-state index contributed by atoms with van der Waals surface area (Å²) in [6.45, 7) is 3.89. The minimum absolute atomic E-state index is 0.00793. The van der Waals surface area contributed by atoms with Crippen molar-refractivity contribution in [3.8, 4) is 0 Å². The van der Waals surface area contributed by atoms with E-state index in [0.717, 1.165) is 12.8 Å². The molecule has 0 spiro atoms. The van der Waals surface area contributed by atoms with Gasteiger partial charge in [-0.05, 0) is 42.7 Å². The van der Waals surface area contributed by atoms with Gasteiger partial charge >= 0.3 is 0 Å². The van der Waals surface area contributed by atoms with E-state index in [9.17, 15) is 4.79 Å². The fraction of sp³-hybridized carbons (Fsp3) is 0.467. The summed E-state index contributed by atoms with van der Waals surface area (Å²) in [5.41, 5.74) is 1.29. The van der Waals surface area contributed by atoms with Gasteiger partial charge in [0.25, 0.3) is 0 Å². The molecule has 22 heavy (non-hydrogen) atoms. The quantitative estimate of drug-likeness (QED) is 0.788. The van der Waals surface area contributed by atoms with Crippen LogP contribution in [0.3, 0.4) is 0 Å². The smallest absolute Gasteiger partial charge is 0.233 e. The van der Waals surface area contributed by atoms with Crippen molar-refractivity contribution in [1.29, 1.82) is 0 Å². The van der Waals surface area contributed by atoms with Crippen molar-refractivity contribution in [2.24, 2.45) is 7.05 Å². The molecule has 0 aliphatic heterocycles. The van der Waals surface area contributed by atoms with Gasteiger partial charge in [-0.2, -0.15) is 0 Å². The Morgan fingerprint density at radius 1 is 1.32 bits per heavy atom. The first-order chi connectivity index (χ1) is 10.6. The van der Waals surface area contributed by atoms with E-state index in [4.69, 9.17) is 0 Å². The Hall–Kier alpha value is -1.89.